The van der Waals surface area contributed by atoms with Gasteiger partial charge < -0.3 is 15.1 Å². The summed E-state index contributed by atoms with van der Waals surface area (Å²) in [4.78, 5) is 0. The second-order valence-corrected chi connectivity index (χ2v) is 7.89. The molecule has 4 aromatic rings. The molecular weight excluding hydrogens is 446 g/mol. The summed E-state index contributed by atoms with van der Waals surface area (Å²) < 4.78 is 58.4. The first-order chi connectivity index (χ1) is 16.2. The Morgan fingerprint density at radius 2 is 1.74 bits per heavy atom. The van der Waals surface area contributed by atoms with E-state index in [4.69, 9.17) is 5.41 Å². The van der Waals surface area contributed by atoms with Gasteiger partial charge in [0.25, 0.3) is 0 Å². The first-order valence-electron chi connectivity index (χ1n) is 10.4. The average molecular weight is 468 g/mol. The minimum absolute atomic E-state index is 0.180. The van der Waals surface area contributed by atoms with Crippen LogP contribution in [0.5, 0.6) is 0 Å². The Hall–Kier alpha value is -3.75. The molecule has 1 unspecified atom stereocenters. The lowest BCUT2D eigenvalue weighted by Gasteiger charge is -2.31. The summed E-state index contributed by atoms with van der Waals surface area (Å²) in [5.74, 6) is -0.411. The Morgan fingerprint density at radius 3 is 2.38 bits per heavy atom. The van der Waals surface area contributed by atoms with E-state index in [-0.39, 0.29) is 23.1 Å². The molecular formula is C26H22F4N3O+. The third kappa shape index (κ3) is 4.02. The van der Waals surface area contributed by atoms with Crippen molar-refractivity contribution in [1.29, 1.82) is 5.41 Å². The average Bonchev–Trinajstić information content (AvgIpc) is 3.18. The molecule has 0 aliphatic rings. The Bertz CT molecular complexity index is 1360. The lowest BCUT2D eigenvalue weighted by molar-refractivity contribution is -0.478. The van der Waals surface area contributed by atoms with Gasteiger partial charge in [-0.25, -0.2) is 4.39 Å². The van der Waals surface area contributed by atoms with Gasteiger partial charge in [0.05, 0.1) is 5.56 Å². The van der Waals surface area contributed by atoms with Crippen molar-refractivity contribution in [2.45, 2.75) is 18.3 Å². The van der Waals surface area contributed by atoms with Gasteiger partial charge in [-0.2, -0.15) is 13.2 Å². The summed E-state index contributed by atoms with van der Waals surface area (Å²) in [6, 6.07) is 15.9. The zero-order chi connectivity index (χ0) is 24.5. The molecule has 174 valence electrons. The third-order valence-corrected chi connectivity index (χ3v) is 5.77. The van der Waals surface area contributed by atoms with Gasteiger partial charge in [-0.1, -0.05) is 24.3 Å². The summed E-state index contributed by atoms with van der Waals surface area (Å²) in [5.41, 5.74) is -2.22. The topological polar surface area (TPSA) is 65.6 Å². The fourth-order valence-corrected chi connectivity index (χ4v) is 4.09. The first-order valence-corrected chi connectivity index (χ1v) is 10.4. The highest BCUT2D eigenvalue weighted by atomic mass is 19.4. The molecule has 1 atom stereocenters. The van der Waals surface area contributed by atoms with Gasteiger partial charge in [-0.05, 0) is 35.9 Å². The summed E-state index contributed by atoms with van der Waals surface area (Å²) in [5, 5.41) is 21.0. The molecule has 4 N–H and O–H groups in total. The van der Waals surface area contributed by atoms with Crippen molar-refractivity contribution in [3.63, 3.8) is 0 Å². The van der Waals surface area contributed by atoms with E-state index in [9.17, 15) is 22.7 Å². The maximum absolute atomic E-state index is 14.5. The predicted molar refractivity (Wildman–Crippen MR) is 123 cm³/mol. The van der Waals surface area contributed by atoms with E-state index < -0.39 is 23.2 Å². The molecule has 1 heterocycles. The van der Waals surface area contributed by atoms with E-state index in [1.807, 2.05) is 0 Å². The molecule has 0 saturated heterocycles. The normalized spacial score (nSPS) is 13.6. The summed E-state index contributed by atoms with van der Waals surface area (Å²) in [6.07, 6.45) is -1.26. The molecule has 34 heavy (non-hydrogen) atoms. The highest BCUT2D eigenvalue weighted by molar-refractivity contribution is 5.87. The van der Waals surface area contributed by atoms with Gasteiger partial charge >= 0.3 is 6.18 Å². The molecule has 3 aromatic carbocycles. The monoisotopic (exact) mass is 468 g/mol. The van der Waals surface area contributed by atoms with Crippen LogP contribution < -0.4 is 5.32 Å². The van der Waals surface area contributed by atoms with Crippen LogP contribution in [-0.2, 0) is 12.1 Å². The smallest absolute Gasteiger partial charge is 0.372 e. The van der Waals surface area contributed by atoms with E-state index >= 15 is 0 Å². The van der Waals surface area contributed by atoms with Crippen LogP contribution >= 0.6 is 0 Å². The van der Waals surface area contributed by atoms with E-state index in [1.54, 1.807) is 34.2 Å². The second kappa shape index (κ2) is 8.89. The number of quaternary nitrogens is 1. The number of nitrogens with two attached hydrogens (primary N) is 1. The Kier molecular flexibility index (Phi) is 6.12. The van der Waals surface area contributed by atoms with Crippen LogP contribution in [0.4, 0.5) is 28.9 Å². The number of allylic oxidation sites excluding steroid dienone is 1. The minimum atomic E-state index is -5.04. The van der Waals surface area contributed by atoms with Crippen molar-refractivity contribution < 1.29 is 28.0 Å². The molecule has 0 saturated carbocycles. The van der Waals surface area contributed by atoms with Gasteiger partial charge in [0, 0.05) is 53.6 Å². The van der Waals surface area contributed by atoms with Crippen LogP contribution in [0, 0.1) is 11.2 Å². The molecule has 0 aliphatic carbocycles. The number of hydrogen-bond donors (Lipinski definition) is 3. The van der Waals surface area contributed by atoms with E-state index in [0.717, 1.165) is 12.3 Å². The lowest BCUT2D eigenvalue weighted by Crippen LogP contribution is -2.71. The number of aromatic nitrogens is 1. The van der Waals surface area contributed by atoms with Crippen molar-refractivity contribution in [2.24, 2.45) is 0 Å². The predicted octanol–water partition coefficient (Wildman–Crippen LogP) is 5.29. The standard InChI is InChI=1S/C26H21F4N3O/c1-2-13-33-16-22(21-5-3-4-6-24(21)33)25(34,26(28,29)30)18-7-12-23(17(14-18)15-31)32-20-10-8-19(27)9-11-20/h2-12,14-16,31-32,34H,1,13H2/p+1. The Labute approximate surface area is 193 Å². The molecule has 1 aromatic heterocycles. The Balaban J connectivity index is 1.87. The maximum atomic E-state index is 14.5. The number of rotatable bonds is 7. The molecule has 0 fully saturated rings. The van der Waals surface area contributed by atoms with Crippen LogP contribution in [0.25, 0.3) is 10.9 Å². The summed E-state index contributed by atoms with van der Waals surface area (Å²) in [6.45, 7) is 3.93. The molecule has 0 spiro atoms. The largest absolute Gasteiger partial charge is 0.425 e. The van der Waals surface area contributed by atoms with Crippen molar-refractivity contribution >= 4 is 28.5 Å². The van der Waals surface area contributed by atoms with Crippen molar-refractivity contribution in [3.8, 4) is 0 Å². The van der Waals surface area contributed by atoms with Gasteiger partial charge in [0.1, 0.15) is 17.2 Å². The zero-order valence-electron chi connectivity index (χ0n) is 18.0. The molecule has 4 nitrogen and oxygen atoms in total. The van der Waals surface area contributed by atoms with Crippen LogP contribution in [0.15, 0.2) is 85.6 Å². The zero-order valence-corrected chi connectivity index (χ0v) is 18.0. The summed E-state index contributed by atoms with van der Waals surface area (Å²) in [7, 11) is 0. The first kappa shape index (κ1) is 23.4. The third-order valence-electron chi connectivity index (χ3n) is 5.77. The van der Waals surface area contributed by atoms with Gasteiger partial charge in [-0.15, -0.1) is 6.58 Å². The molecule has 4 rings (SSSR count). The molecule has 0 bridgehead atoms. The molecule has 0 amide bonds. The van der Waals surface area contributed by atoms with Crippen molar-refractivity contribution in [3.05, 3.63) is 108 Å². The number of benzene rings is 3. The van der Waals surface area contributed by atoms with Crippen molar-refractivity contribution in [1.82, 2.24) is 4.57 Å². The number of para-hydroxylation sites is 1. The number of alkyl halides is 3. The van der Waals surface area contributed by atoms with Crippen LogP contribution in [0.3, 0.4) is 0 Å². The number of fused-ring (bicyclic) bond motifs is 1. The molecule has 0 aliphatic heterocycles. The molecule has 0 radical (unpaired) electrons. The highest BCUT2D eigenvalue weighted by Gasteiger charge is 2.57. The number of aliphatic hydroxyl groups is 1. The number of nitrogens with zero attached hydrogens (tertiary/aromatic N) is 1. The quantitative estimate of drug-likeness (QED) is 0.147. The fraction of sp³-hybridized carbons (Fsp3) is 0.115. The second-order valence-electron chi connectivity index (χ2n) is 7.89. The number of hydrogen-bond acceptors (Lipinski definition) is 2. The SMILES string of the molecule is C=CCn1cc(C(O)(c2ccc([NH2+]c3ccc(F)cc3)c(C=N)c2)C(F)(F)F)c2ccccc21. The van der Waals surface area contributed by atoms with Crippen LogP contribution in [-0.4, -0.2) is 22.1 Å². The van der Waals surface area contributed by atoms with E-state index in [2.05, 4.69) is 6.58 Å². The minimum Gasteiger partial charge on any atom is -0.372 e. The summed E-state index contributed by atoms with van der Waals surface area (Å²) >= 11 is 0. The number of nitrogens with one attached hydrogen (secondary N) is 1. The van der Waals surface area contributed by atoms with E-state index in [1.165, 1.54) is 48.7 Å². The van der Waals surface area contributed by atoms with Crippen LogP contribution in [0.2, 0.25) is 0 Å². The van der Waals surface area contributed by atoms with Crippen molar-refractivity contribution in [2.75, 3.05) is 0 Å². The maximum Gasteiger partial charge on any atom is 0.425 e. The lowest BCUT2D eigenvalue weighted by atomic mass is 9.84. The highest BCUT2D eigenvalue weighted by Crippen LogP contribution is 2.47. The number of halogens is 4. The van der Waals surface area contributed by atoms with Gasteiger partial charge in [-0.3, -0.25) is 5.32 Å². The fourth-order valence-electron chi connectivity index (χ4n) is 4.09. The van der Waals surface area contributed by atoms with E-state index in [0.29, 0.717) is 16.9 Å². The Morgan fingerprint density at radius 1 is 1.03 bits per heavy atom. The molecule has 8 heteroatoms. The van der Waals surface area contributed by atoms with Gasteiger partial charge in [0.2, 0.25) is 5.60 Å². The van der Waals surface area contributed by atoms with Crippen LogP contribution in [0.1, 0.15) is 16.7 Å². The van der Waals surface area contributed by atoms with Gasteiger partial charge in [0.15, 0.2) is 0 Å².